The molecule has 25 heavy (non-hydrogen) atoms. The molecular weight excluding hydrogens is 337 g/mol. The first-order valence-corrected chi connectivity index (χ1v) is 8.60. The number of hydrogen-bond donors (Lipinski definition) is 1. The number of aliphatic hydroxyl groups is 1. The van der Waals surface area contributed by atoms with Crippen molar-refractivity contribution in [2.75, 3.05) is 0 Å². The van der Waals surface area contributed by atoms with E-state index in [9.17, 15) is 9.50 Å². The summed E-state index contributed by atoms with van der Waals surface area (Å²) < 4.78 is 13.5. The van der Waals surface area contributed by atoms with Crippen LogP contribution in [0.5, 0.6) is 0 Å². The smallest absolute Gasteiger partial charge is 0.124 e. The maximum Gasteiger partial charge on any atom is 0.124 e. The lowest BCUT2D eigenvalue weighted by Gasteiger charge is -2.21. The SMILES string of the molecule is Cc1cc(C(C)(C)C)ccc1-c1nc2ccc(F)cc2c(Cl)c1CO. The van der Waals surface area contributed by atoms with Crippen LogP contribution in [0.3, 0.4) is 0 Å². The molecule has 0 radical (unpaired) electrons. The van der Waals surface area contributed by atoms with Crippen LogP contribution in [0.4, 0.5) is 4.39 Å². The van der Waals surface area contributed by atoms with Gasteiger partial charge in [-0.1, -0.05) is 50.6 Å². The van der Waals surface area contributed by atoms with Crippen molar-refractivity contribution >= 4 is 22.5 Å². The molecule has 0 saturated heterocycles. The maximum atomic E-state index is 13.5. The normalized spacial score (nSPS) is 12.0. The van der Waals surface area contributed by atoms with Gasteiger partial charge in [0.25, 0.3) is 0 Å². The van der Waals surface area contributed by atoms with Crippen LogP contribution in [0, 0.1) is 12.7 Å². The summed E-state index contributed by atoms with van der Waals surface area (Å²) >= 11 is 6.46. The second kappa shape index (κ2) is 6.40. The Hall–Kier alpha value is -1.97. The van der Waals surface area contributed by atoms with Crippen molar-refractivity contribution in [3.05, 3.63) is 63.9 Å². The molecule has 4 heteroatoms. The van der Waals surface area contributed by atoms with E-state index in [0.29, 0.717) is 27.2 Å². The highest BCUT2D eigenvalue weighted by Crippen LogP contribution is 2.36. The molecule has 1 heterocycles. The van der Waals surface area contributed by atoms with E-state index in [1.807, 2.05) is 13.0 Å². The average Bonchev–Trinajstić information content (AvgIpc) is 2.54. The van der Waals surface area contributed by atoms with Gasteiger partial charge in [0.1, 0.15) is 5.82 Å². The lowest BCUT2D eigenvalue weighted by atomic mass is 9.85. The summed E-state index contributed by atoms with van der Waals surface area (Å²) in [7, 11) is 0. The van der Waals surface area contributed by atoms with E-state index >= 15 is 0 Å². The summed E-state index contributed by atoms with van der Waals surface area (Å²) in [5.41, 5.74) is 5.04. The third-order valence-corrected chi connectivity index (χ3v) is 4.92. The van der Waals surface area contributed by atoms with Gasteiger partial charge in [-0.05, 0) is 41.7 Å². The quantitative estimate of drug-likeness (QED) is 0.629. The van der Waals surface area contributed by atoms with Crippen molar-refractivity contribution < 1.29 is 9.50 Å². The Bertz CT molecular complexity index is 960. The van der Waals surface area contributed by atoms with Crippen molar-refractivity contribution in [2.45, 2.75) is 39.7 Å². The first kappa shape index (κ1) is 17.8. The number of fused-ring (bicyclic) bond motifs is 1. The van der Waals surface area contributed by atoms with Crippen LogP contribution >= 0.6 is 11.6 Å². The highest BCUT2D eigenvalue weighted by Gasteiger charge is 2.19. The summed E-state index contributed by atoms with van der Waals surface area (Å²) in [6.45, 7) is 8.27. The fourth-order valence-corrected chi connectivity index (χ4v) is 3.30. The van der Waals surface area contributed by atoms with Crippen LogP contribution in [-0.4, -0.2) is 10.1 Å². The molecule has 1 aromatic heterocycles. The Morgan fingerprint density at radius 1 is 1.12 bits per heavy atom. The van der Waals surface area contributed by atoms with E-state index in [1.54, 1.807) is 6.07 Å². The van der Waals surface area contributed by atoms with Crippen molar-refractivity contribution in [3.8, 4) is 11.3 Å². The molecule has 0 fully saturated rings. The number of aryl methyl sites for hydroxylation is 1. The van der Waals surface area contributed by atoms with Crippen molar-refractivity contribution in [1.82, 2.24) is 4.98 Å². The van der Waals surface area contributed by atoms with E-state index < -0.39 is 0 Å². The highest BCUT2D eigenvalue weighted by atomic mass is 35.5. The third-order valence-electron chi connectivity index (χ3n) is 4.48. The van der Waals surface area contributed by atoms with Crippen LogP contribution in [-0.2, 0) is 12.0 Å². The number of pyridine rings is 1. The second-order valence-electron chi connectivity index (χ2n) is 7.35. The van der Waals surface area contributed by atoms with Gasteiger partial charge in [0.15, 0.2) is 0 Å². The van der Waals surface area contributed by atoms with Crippen molar-refractivity contribution in [3.63, 3.8) is 0 Å². The second-order valence-corrected chi connectivity index (χ2v) is 7.73. The van der Waals surface area contributed by atoms with Gasteiger partial charge in [-0.2, -0.15) is 0 Å². The number of rotatable bonds is 2. The summed E-state index contributed by atoms with van der Waals surface area (Å²) in [5, 5.41) is 10.7. The summed E-state index contributed by atoms with van der Waals surface area (Å²) in [6, 6.07) is 10.6. The lowest BCUT2D eigenvalue weighted by Crippen LogP contribution is -2.11. The highest BCUT2D eigenvalue weighted by molar-refractivity contribution is 6.36. The van der Waals surface area contributed by atoms with Gasteiger partial charge in [0, 0.05) is 16.5 Å². The minimum atomic E-state index is -0.376. The molecule has 0 bridgehead atoms. The molecule has 0 amide bonds. The average molecular weight is 358 g/mol. The van der Waals surface area contributed by atoms with Crippen LogP contribution in [0.15, 0.2) is 36.4 Å². The Morgan fingerprint density at radius 2 is 1.84 bits per heavy atom. The molecule has 130 valence electrons. The van der Waals surface area contributed by atoms with Gasteiger partial charge in [-0.25, -0.2) is 9.37 Å². The zero-order valence-electron chi connectivity index (χ0n) is 14.8. The molecule has 3 aromatic rings. The van der Waals surface area contributed by atoms with Crippen LogP contribution in [0.1, 0.15) is 37.5 Å². The Kier molecular flexibility index (Phi) is 4.56. The van der Waals surface area contributed by atoms with Crippen molar-refractivity contribution in [1.29, 1.82) is 0 Å². The molecule has 0 aliphatic carbocycles. The van der Waals surface area contributed by atoms with Gasteiger partial charge >= 0.3 is 0 Å². The summed E-state index contributed by atoms with van der Waals surface area (Å²) in [6.07, 6.45) is 0. The molecule has 0 saturated carbocycles. The van der Waals surface area contributed by atoms with E-state index in [-0.39, 0.29) is 17.8 Å². The summed E-state index contributed by atoms with van der Waals surface area (Å²) in [5.74, 6) is -0.376. The number of hydrogen-bond acceptors (Lipinski definition) is 2. The first-order chi connectivity index (χ1) is 11.7. The third kappa shape index (κ3) is 3.26. The molecule has 3 rings (SSSR count). The van der Waals surface area contributed by atoms with Gasteiger partial charge in [0.05, 0.1) is 22.8 Å². The van der Waals surface area contributed by atoms with E-state index in [0.717, 1.165) is 11.1 Å². The fraction of sp³-hybridized carbons (Fsp3) is 0.286. The topological polar surface area (TPSA) is 33.1 Å². The standard InChI is InChI=1S/C21H21ClFNO/c1-12-9-13(21(2,3)4)5-7-15(12)20-17(11-25)19(22)16-10-14(23)6-8-18(16)24-20/h5-10,25H,11H2,1-4H3. The number of aliphatic hydroxyl groups excluding tert-OH is 1. The maximum absolute atomic E-state index is 13.5. The molecule has 0 aliphatic heterocycles. The number of aromatic nitrogens is 1. The molecule has 2 aromatic carbocycles. The number of halogens is 2. The van der Waals surface area contributed by atoms with Gasteiger partial charge < -0.3 is 5.11 Å². The molecule has 1 N–H and O–H groups in total. The molecule has 0 atom stereocenters. The predicted molar refractivity (Wildman–Crippen MR) is 102 cm³/mol. The van der Waals surface area contributed by atoms with E-state index in [2.05, 4.69) is 37.9 Å². The Balaban J connectivity index is 2.27. The van der Waals surface area contributed by atoms with Crippen LogP contribution in [0.2, 0.25) is 5.02 Å². The minimum absolute atomic E-state index is 0.0507. The Morgan fingerprint density at radius 3 is 2.44 bits per heavy atom. The Labute approximate surface area is 152 Å². The molecule has 0 spiro atoms. The minimum Gasteiger partial charge on any atom is -0.392 e. The van der Waals surface area contributed by atoms with E-state index in [1.165, 1.54) is 17.7 Å². The molecule has 0 aliphatic rings. The fourth-order valence-electron chi connectivity index (χ4n) is 3.00. The zero-order valence-corrected chi connectivity index (χ0v) is 15.6. The monoisotopic (exact) mass is 357 g/mol. The first-order valence-electron chi connectivity index (χ1n) is 8.22. The van der Waals surface area contributed by atoms with Gasteiger partial charge in [-0.15, -0.1) is 0 Å². The molecule has 2 nitrogen and oxygen atoms in total. The van der Waals surface area contributed by atoms with Crippen LogP contribution < -0.4 is 0 Å². The number of benzene rings is 2. The van der Waals surface area contributed by atoms with Crippen LogP contribution in [0.25, 0.3) is 22.2 Å². The lowest BCUT2D eigenvalue weighted by molar-refractivity contribution is 0.282. The molecular formula is C21H21ClFNO. The van der Waals surface area contributed by atoms with Gasteiger partial charge in [0.2, 0.25) is 0 Å². The predicted octanol–water partition coefficient (Wildman–Crippen LogP) is 5.79. The summed E-state index contributed by atoms with van der Waals surface area (Å²) in [4.78, 5) is 4.66. The largest absolute Gasteiger partial charge is 0.392 e. The van der Waals surface area contributed by atoms with Crippen molar-refractivity contribution in [2.24, 2.45) is 0 Å². The van der Waals surface area contributed by atoms with E-state index in [4.69, 9.17) is 11.6 Å². The van der Waals surface area contributed by atoms with Gasteiger partial charge in [-0.3, -0.25) is 0 Å². The zero-order chi connectivity index (χ0) is 18.4. The number of nitrogens with zero attached hydrogens (tertiary/aromatic N) is 1. The molecule has 0 unspecified atom stereocenters.